The highest BCUT2D eigenvalue weighted by Gasteiger charge is 2.25. The van der Waals surface area contributed by atoms with Crippen molar-refractivity contribution in [1.29, 1.82) is 0 Å². The maximum absolute atomic E-state index is 14.1. The average molecular weight is 686 g/mol. The van der Waals surface area contributed by atoms with Gasteiger partial charge >= 0.3 is 6.09 Å². The van der Waals surface area contributed by atoms with E-state index in [0.717, 1.165) is 5.01 Å². The molecule has 0 aliphatic rings. The summed E-state index contributed by atoms with van der Waals surface area (Å²) in [7, 11) is 0. The van der Waals surface area contributed by atoms with Gasteiger partial charge in [0, 0.05) is 48.3 Å². The van der Waals surface area contributed by atoms with E-state index in [9.17, 15) is 28.0 Å². The molecule has 1 atom stereocenters. The minimum Gasteiger partial charge on any atom is -0.447 e. The summed E-state index contributed by atoms with van der Waals surface area (Å²) in [5, 5.41) is 7.37. The standard InChI is InChI=1S/C36H30ClF2N5O5/c1-22(45)44(42-19-27-11-6-12-31(39)33(27)37)30(21-49-36(48)43-32-17-28-16-29(38)14-13-26(28)18-40-32)20-41-35(47)25-10-5-9-24(15-25)34(46)23-7-3-2-4-8-23/h2-18,30,42H,19-21H2,1H3,(H,41,47)(H,40,43,48)/t30-/m0/s1. The maximum Gasteiger partial charge on any atom is 0.412 e. The number of fused-ring (bicyclic) bond motifs is 1. The van der Waals surface area contributed by atoms with E-state index >= 15 is 0 Å². The van der Waals surface area contributed by atoms with E-state index in [-0.39, 0.29) is 35.3 Å². The van der Waals surface area contributed by atoms with Gasteiger partial charge in [0.1, 0.15) is 24.1 Å². The van der Waals surface area contributed by atoms with E-state index in [1.807, 2.05) is 0 Å². The number of amides is 3. The number of ketones is 1. The Balaban J connectivity index is 1.31. The van der Waals surface area contributed by atoms with Gasteiger partial charge in [-0.3, -0.25) is 24.7 Å². The van der Waals surface area contributed by atoms with Gasteiger partial charge in [0.2, 0.25) is 5.91 Å². The van der Waals surface area contributed by atoms with Crippen molar-refractivity contribution in [3.63, 3.8) is 0 Å². The zero-order valence-corrected chi connectivity index (χ0v) is 26.8. The number of pyridine rings is 1. The highest BCUT2D eigenvalue weighted by atomic mass is 35.5. The average Bonchev–Trinajstić information content (AvgIpc) is 3.10. The van der Waals surface area contributed by atoms with E-state index in [2.05, 4.69) is 21.0 Å². The number of hydrogen-bond acceptors (Lipinski definition) is 7. The number of aromatic nitrogens is 1. The summed E-state index contributed by atoms with van der Waals surface area (Å²) in [6, 6.07) is 23.7. The number of hydrazine groups is 1. The van der Waals surface area contributed by atoms with Gasteiger partial charge in [-0.15, -0.1) is 0 Å². The first-order valence-corrected chi connectivity index (χ1v) is 15.4. The first kappa shape index (κ1) is 34.6. The molecular weight excluding hydrogens is 656 g/mol. The largest absolute Gasteiger partial charge is 0.447 e. The Morgan fingerprint density at radius 2 is 1.59 bits per heavy atom. The SMILES string of the molecule is CC(=O)N(NCc1cccc(F)c1Cl)[C@@H](CNC(=O)c1cccc(C(=O)c2ccccc2)c1)COC(=O)Nc1cc2cc(F)ccc2cn1. The molecule has 250 valence electrons. The third-order valence-electron chi connectivity index (χ3n) is 7.42. The number of rotatable bonds is 12. The molecule has 5 aromatic rings. The van der Waals surface area contributed by atoms with Crippen molar-refractivity contribution in [1.82, 2.24) is 20.7 Å². The fourth-order valence-corrected chi connectivity index (χ4v) is 5.13. The molecule has 0 fully saturated rings. The molecule has 0 saturated carbocycles. The van der Waals surface area contributed by atoms with Gasteiger partial charge < -0.3 is 10.1 Å². The summed E-state index contributed by atoms with van der Waals surface area (Å²) < 4.78 is 33.2. The van der Waals surface area contributed by atoms with Crippen molar-refractivity contribution in [2.45, 2.75) is 19.5 Å². The van der Waals surface area contributed by atoms with E-state index < -0.39 is 42.2 Å². The number of halogens is 3. The molecule has 0 radical (unpaired) electrons. The maximum atomic E-state index is 14.1. The van der Waals surface area contributed by atoms with E-state index in [0.29, 0.717) is 27.5 Å². The zero-order valence-electron chi connectivity index (χ0n) is 26.1. The number of benzene rings is 4. The molecule has 0 saturated heterocycles. The summed E-state index contributed by atoms with van der Waals surface area (Å²) in [5.41, 5.74) is 4.19. The van der Waals surface area contributed by atoms with E-state index in [1.54, 1.807) is 54.6 Å². The lowest BCUT2D eigenvalue weighted by molar-refractivity contribution is -0.136. The Morgan fingerprint density at radius 1 is 0.857 bits per heavy atom. The fraction of sp³-hybridized carbons (Fsp3) is 0.139. The second-order valence-electron chi connectivity index (χ2n) is 10.9. The molecule has 13 heteroatoms. The summed E-state index contributed by atoms with van der Waals surface area (Å²) in [6.07, 6.45) is 0.535. The third-order valence-corrected chi connectivity index (χ3v) is 7.84. The number of carbonyl (C=O) groups is 4. The molecule has 0 spiro atoms. The van der Waals surface area contributed by atoms with Crippen LogP contribution >= 0.6 is 11.6 Å². The molecule has 0 bridgehead atoms. The predicted octanol–water partition coefficient (Wildman–Crippen LogP) is 6.30. The second kappa shape index (κ2) is 15.9. The van der Waals surface area contributed by atoms with Crippen LogP contribution in [0.15, 0.2) is 103 Å². The summed E-state index contributed by atoms with van der Waals surface area (Å²) in [6.45, 7) is 0.560. The predicted molar refractivity (Wildman–Crippen MR) is 180 cm³/mol. The van der Waals surface area contributed by atoms with Gasteiger partial charge in [0.15, 0.2) is 5.78 Å². The van der Waals surface area contributed by atoms with Crippen LogP contribution in [-0.4, -0.2) is 52.9 Å². The van der Waals surface area contributed by atoms with Crippen LogP contribution in [0.2, 0.25) is 5.02 Å². The highest BCUT2D eigenvalue weighted by Crippen LogP contribution is 2.20. The van der Waals surface area contributed by atoms with Crippen molar-refractivity contribution in [3.05, 3.63) is 142 Å². The number of hydrogen-bond donors (Lipinski definition) is 3. The first-order chi connectivity index (χ1) is 23.6. The first-order valence-electron chi connectivity index (χ1n) is 15.0. The molecule has 10 nitrogen and oxygen atoms in total. The minimum absolute atomic E-state index is 0.0754. The van der Waals surface area contributed by atoms with Gasteiger partial charge in [0.25, 0.3) is 5.91 Å². The van der Waals surface area contributed by atoms with Crippen molar-refractivity contribution < 1.29 is 32.7 Å². The van der Waals surface area contributed by atoms with Crippen LogP contribution in [0.1, 0.15) is 38.8 Å². The van der Waals surface area contributed by atoms with Gasteiger partial charge in [0.05, 0.1) is 11.1 Å². The normalized spacial score (nSPS) is 11.4. The molecule has 3 N–H and O–H groups in total. The van der Waals surface area contributed by atoms with Crippen LogP contribution in [-0.2, 0) is 16.1 Å². The molecule has 0 aliphatic heterocycles. The van der Waals surface area contributed by atoms with Crippen molar-refractivity contribution in [2.24, 2.45) is 0 Å². The molecule has 5 rings (SSSR count). The molecule has 4 aromatic carbocycles. The van der Waals surface area contributed by atoms with Gasteiger partial charge in [-0.2, -0.15) is 0 Å². The monoisotopic (exact) mass is 685 g/mol. The third kappa shape index (κ3) is 9.01. The Hall–Kier alpha value is -5.72. The lowest BCUT2D eigenvalue weighted by Crippen LogP contribution is -2.55. The fourth-order valence-electron chi connectivity index (χ4n) is 4.94. The topological polar surface area (TPSA) is 130 Å². The molecule has 1 aromatic heterocycles. The quantitative estimate of drug-likeness (QED) is 0.104. The number of nitrogens with one attached hydrogen (secondary N) is 3. The Labute approximate surface area is 285 Å². The molecule has 1 heterocycles. The number of carbonyl (C=O) groups excluding carboxylic acids is 4. The summed E-state index contributed by atoms with van der Waals surface area (Å²) >= 11 is 6.10. The van der Waals surface area contributed by atoms with E-state index in [4.69, 9.17) is 16.3 Å². The van der Waals surface area contributed by atoms with Crippen LogP contribution < -0.4 is 16.1 Å². The van der Waals surface area contributed by atoms with Gasteiger partial charge in [-0.1, -0.05) is 66.2 Å². The Morgan fingerprint density at radius 3 is 2.37 bits per heavy atom. The molecular formula is C36H30ClF2N5O5. The van der Waals surface area contributed by atoms with Crippen molar-refractivity contribution >= 4 is 51.9 Å². The van der Waals surface area contributed by atoms with Gasteiger partial charge in [-0.25, -0.2) is 24.0 Å². The summed E-state index contributed by atoms with van der Waals surface area (Å²) in [5.74, 6) is -2.33. The van der Waals surface area contributed by atoms with Crippen LogP contribution in [0.5, 0.6) is 0 Å². The molecule has 0 aliphatic carbocycles. The Bertz CT molecular complexity index is 2010. The van der Waals surface area contributed by atoms with Crippen LogP contribution in [0.25, 0.3) is 10.8 Å². The summed E-state index contributed by atoms with van der Waals surface area (Å²) in [4.78, 5) is 56.0. The van der Waals surface area contributed by atoms with Gasteiger partial charge in [-0.05, 0) is 53.4 Å². The minimum atomic E-state index is -0.979. The Kier molecular flexibility index (Phi) is 11.2. The number of nitrogens with zero attached hydrogens (tertiary/aromatic N) is 2. The lowest BCUT2D eigenvalue weighted by atomic mass is 10.0. The van der Waals surface area contributed by atoms with Crippen LogP contribution in [0.4, 0.5) is 19.4 Å². The number of anilines is 1. The van der Waals surface area contributed by atoms with Crippen LogP contribution in [0.3, 0.4) is 0 Å². The van der Waals surface area contributed by atoms with Crippen LogP contribution in [0, 0.1) is 11.6 Å². The number of ether oxygens (including phenoxy) is 1. The second-order valence-corrected chi connectivity index (χ2v) is 11.2. The van der Waals surface area contributed by atoms with E-state index in [1.165, 1.54) is 55.6 Å². The van der Waals surface area contributed by atoms with Crippen molar-refractivity contribution in [2.75, 3.05) is 18.5 Å². The smallest absolute Gasteiger partial charge is 0.412 e. The molecule has 49 heavy (non-hydrogen) atoms. The molecule has 3 amide bonds. The van der Waals surface area contributed by atoms with Crippen molar-refractivity contribution in [3.8, 4) is 0 Å². The lowest BCUT2D eigenvalue weighted by Gasteiger charge is -2.31. The highest BCUT2D eigenvalue weighted by molar-refractivity contribution is 6.31. The molecule has 0 unspecified atom stereocenters. The zero-order chi connectivity index (χ0) is 34.9.